The average molecular weight is 201 g/mol. The van der Waals surface area contributed by atoms with Gasteiger partial charge in [-0.2, -0.15) is 5.26 Å². The van der Waals surface area contributed by atoms with Gasteiger partial charge in [0.25, 0.3) is 0 Å². The van der Waals surface area contributed by atoms with Gasteiger partial charge < -0.3 is 0 Å². The minimum absolute atomic E-state index is 0. The van der Waals surface area contributed by atoms with Crippen LogP contribution in [-0.4, -0.2) is 0 Å². The first-order valence-electron chi connectivity index (χ1n) is 0.582. The van der Waals surface area contributed by atoms with Gasteiger partial charge in [-0.3, -0.25) is 0 Å². The number of hydrogen-bond donors (Lipinski definition) is 0. The molecule has 0 N–H and O–H groups in total. The van der Waals surface area contributed by atoms with Crippen LogP contribution < -0.4 is 0 Å². The van der Waals surface area contributed by atoms with E-state index in [4.69, 9.17) is 15.9 Å². The van der Waals surface area contributed by atoms with E-state index < -0.39 is 0 Å². The zero-order valence-corrected chi connectivity index (χ0v) is 5.09. The monoisotopic (exact) mass is 200 g/mol. The van der Waals surface area contributed by atoms with E-state index in [0.29, 0.717) is 11.0 Å². The number of nitriles is 1. The van der Waals surface area contributed by atoms with Gasteiger partial charge in [0, 0.05) is 0 Å². The van der Waals surface area contributed by atoms with E-state index in [2.05, 4.69) is 0 Å². The van der Waals surface area contributed by atoms with Crippen LogP contribution in [0.5, 0.6) is 0 Å². The molecule has 0 fully saturated rings. The molecule has 0 aliphatic heterocycles. The molecule has 1 nitrogen and oxygen atoms in total. The Labute approximate surface area is 54.7 Å². The molecule has 0 aromatic rings. The van der Waals surface area contributed by atoms with Gasteiger partial charge in [0.2, 0.25) is 0 Å². The summed E-state index contributed by atoms with van der Waals surface area (Å²) in [6.45, 7) is 0. The van der Waals surface area contributed by atoms with Crippen molar-refractivity contribution in [2.24, 2.45) is 0 Å². The van der Waals surface area contributed by atoms with Gasteiger partial charge in [-0.05, 0) is 10.7 Å². The third-order valence-electron chi connectivity index (χ3n) is 0.0345. The summed E-state index contributed by atoms with van der Waals surface area (Å²) in [6, 6.07) is 0. The Morgan fingerprint density at radius 2 is 2.00 bits per heavy atom. The third-order valence-corrected chi connectivity index (χ3v) is 0.311. The van der Waals surface area contributed by atoms with Crippen molar-refractivity contribution in [3.63, 3.8) is 0 Å². The quantitative estimate of drug-likeness (QED) is 0.436. The van der Waals surface area contributed by atoms with Crippen molar-refractivity contribution in [1.82, 2.24) is 0 Å². The summed E-state index contributed by atoms with van der Waals surface area (Å²) in [6.07, 6.45) is 0. The molecular formula is CAgClNS+. The second-order valence-corrected chi connectivity index (χ2v) is 0.968. The minimum Gasteiger partial charge on any atom is -0.184 e. The van der Waals surface area contributed by atoms with Crippen LogP contribution in [0.4, 0.5) is 0 Å². The fourth-order valence-electron chi connectivity index (χ4n) is 0. The number of thiocyanates is 1. The molecule has 32 valence electrons. The molecule has 0 bridgehead atoms. The van der Waals surface area contributed by atoms with Gasteiger partial charge in [-0.25, -0.2) is 0 Å². The van der Waals surface area contributed by atoms with Crippen molar-refractivity contribution >= 4 is 21.7 Å². The first kappa shape index (κ1) is 9.30. The predicted molar refractivity (Wildman–Crippen MR) is 19.1 cm³/mol. The molecule has 4 heteroatoms. The largest absolute Gasteiger partial charge is 1.00 e. The Kier molecular flexibility index (Phi) is 16.5. The second-order valence-electron chi connectivity index (χ2n) is 0.168. The van der Waals surface area contributed by atoms with Crippen LogP contribution in [0.3, 0.4) is 0 Å². The number of hydrogen-bond acceptors (Lipinski definition) is 2. The SMILES string of the molecule is N#CSCl.[Ag+]. The summed E-state index contributed by atoms with van der Waals surface area (Å²) < 4.78 is 0. The van der Waals surface area contributed by atoms with Crippen molar-refractivity contribution in [2.75, 3.05) is 0 Å². The predicted octanol–water partition coefficient (Wildman–Crippen LogP) is 1.35. The summed E-state index contributed by atoms with van der Waals surface area (Å²) in [7, 11) is 5.38. The molecular weight excluding hydrogens is 201 g/mol. The molecule has 0 aromatic heterocycles. The zero-order valence-electron chi connectivity index (χ0n) is 2.03. The molecule has 0 radical (unpaired) electrons. The molecule has 5 heavy (non-hydrogen) atoms. The Morgan fingerprint density at radius 1 is 1.80 bits per heavy atom. The zero-order chi connectivity index (χ0) is 3.41. The Hall–Kier alpha value is 0.870. The molecule has 0 spiro atoms. The molecule has 0 aromatic carbocycles. The van der Waals surface area contributed by atoms with Crippen molar-refractivity contribution in [1.29, 1.82) is 5.26 Å². The van der Waals surface area contributed by atoms with Crippen LogP contribution in [0, 0.1) is 10.7 Å². The van der Waals surface area contributed by atoms with Gasteiger partial charge in [0.1, 0.15) is 5.40 Å². The second kappa shape index (κ2) is 8.86. The Balaban J connectivity index is 0. The van der Waals surface area contributed by atoms with Crippen molar-refractivity contribution < 1.29 is 22.4 Å². The van der Waals surface area contributed by atoms with Gasteiger partial charge in [0.15, 0.2) is 0 Å². The van der Waals surface area contributed by atoms with E-state index in [0.717, 1.165) is 0 Å². The molecule has 0 unspecified atom stereocenters. The van der Waals surface area contributed by atoms with E-state index in [1.807, 2.05) is 0 Å². The first-order chi connectivity index (χ1) is 1.91. The van der Waals surface area contributed by atoms with E-state index in [9.17, 15) is 0 Å². The van der Waals surface area contributed by atoms with Crippen LogP contribution >= 0.6 is 21.7 Å². The molecule has 0 heterocycles. The van der Waals surface area contributed by atoms with Crippen LogP contribution in [0.25, 0.3) is 0 Å². The molecule has 0 rings (SSSR count). The Bertz CT molecular complexity index is 41.4. The van der Waals surface area contributed by atoms with E-state index in [-0.39, 0.29) is 22.4 Å². The number of rotatable bonds is 0. The first-order valence-corrected chi connectivity index (χ1v) is 2.22. The smallest absolute Gasteiger partial charge is 0.184 e. The van der Waals surface area contributed by atoms with Crippen LogP contribution in [0.15, 0.2) is 0 Å². The molecule has 0 saturated heterocycles. The fourth-order valence-corrected chi connectivity index (χ4v) is 0. The molecule has 0 saturated carbocycles. The summed E-state index contributed by atoms with van der Waals surface area (Å²) in [5.41, 5.74) is 0. The van der Waals surface area contributed by atoms with E-state index >= 15 is 0 Å². The van der Waals surface area contributed by atoms with Gasteiger partial charge in [-0.15, -0.1) is 0 Å². The molecule has 0 amide bonds. The van der Waals surface area contributed by atoms with Crippen molar-refractivity contribution in [3.8, 4) is 5.40 Å². The molecule has 0 atom stereocenters. The van der Waals surface area contributed by atoms with Crippen LogP contribution in [0.1, 0.15) is 0 Å². The van der Waals surface area contributed by atoms with Gasteiger partial charge in [-0.1, -0.05) is 0 Å². The average Bonchev–Trinajstić information content (AvgIpc) is 1.37. The normalized spacial score (nSPS) is 4.00. The van der Waals surface area contributed by atoms with Gasteiger partial charge in [0.05, 0.1) is 11.0 Å². The topological polar surface area (TPSA) is 23.8 Å². The maximum absolute atomic E-state index is 7.46. The van der Waals surface area contributed by atoms with Crippen molar-refractivity contribution in [3.05, 3.63) is 0 Å². The van der Waals surface area contributed by atoms with Crippen LogP contribution in [0.2, 0.25) is 0 Å². The van der Waals surface area contributed by atoms with Crippen molar-refractivity contribution in [2.45, 2.75) is 0 Å². The number of halogens is 1. The summed E-state index contributed by atoms with van der Waals surface area (Å²) in [5, 5.41) is 9.07. The summed E-state index contributed by atoms with van der Waals surface area (Å²) >= 11 is 0. The standard InChI is InChI=1S/CClNS.Ag/c2-4-1-3;/q;+1. The van der Waals surface area contributed by atoms with E-state index in [1.165, 1.54) is 0 Å². The molecule has 0 aliphatic rings. The maximum atomic E-state index is 7.46. The summed E-state index contributed by atoms with van der Waals surface area (Å²) in [4.78, 5) is 0. The molecule has 0 aliphatic carbocycles. The summed E-state index contributed by atoms with van der Waals surface area (Å²) in [5.74, 6) is 0. The van der Waals surface area contributed by atoms with Crippen LogP contribution in [-0.2, 0) is 22.4 Å². The fraction of sp³-hybridized carbons (Fsp3) is 0. The van der Waals surface area contributed by atoms with E-state index in [1.54, 1.807) is 5.40 Å². The minimum atomic E-state index is 0. The third kappa shape index (κ3) is 11.5. The maximum Gasteiger partial charge on any atom is 1.00 e. The number of nitrogens with zero attached hydrogens (tertiary/aromatic N) is 1. The Morgan fingerprint density at radius 3 is 2.00 bits per heavy atom. The van der Waals surface area contributed by atoms with Gasteiger partial charge >= 0.3 is 22.4 Å².